The van der Waals surface area contributed by atoms with Crippen LogP contribution in [0.1, 0.15) is 48.9 Å². The number of aromatic nitrogens is 1. The monoisotopic (exact) mass is 316 g/mol. The Morgan fingerprint density at radius 3 is 2.78 bits per heavy atom. The molecule has 2 aromatic rings. The van der Waals surface area contributed by atoms with E-state index in [9.17, 15) is 9.59 Å². The lowest BCUT2D eigenvalue weighted by Gasteiger charge is -2.16. The van der Waals surface area contributed by atoms with Gasteiger partial charge < -0.3 is 14.5 Å². The Balaban J connectivity index is 1.50. The van der Waals surface area contributed by atoms with Crippen molar-refractivity contribution in [3.8, 4) is 0 Å². The number of nitrogens with zero attached hydrogens (tertiary/aromatic N) is 1. The van der Waals surface area contributed by atoms with Crippen LogP contribution < -0.4 is 5.32 Å². The largest absolute Gasteiger partial charge is 0.452 e. The van der Waals surface area contributed by atoms with Gasteiger partial charge in [0.25, 0.3) is 5.91 Å². The van der Waals surface area contributed by atoms with Gasteiger partial charge in [-0.3, -0.25) is 4.79 Å². The Morgan fingerprint density at radius 2 is 2.00 bits per heavy atom. The van der Waals surface area contributed by atoms with Crippen molar-refractivity contribution in [2.24, 2.45) is 0 Å². The first-order valence-corrected chi connectivity index (χ1v) is 8.02. The molecule has 0 radical (unpaired) electrons. The van der Waals surface area contributed by atoms with E-state index in [0.717, 1.165) is 25.7 Å². The number of fused-ring (bicyclic) bond motifs is 1. The van der Waals surface area contributed by atoms with Gasteiger partial charge in [-0.2, -0.15) is 0 Å². The minimum absolute atomic E-state index is 0.204. The minimum atomic E-state index is -0.536. The maximum absolute atomic E-state index is 12.0. The van der Waals surface area contributed by atoms with Crippen LogP contribution in [0.2, 0.25) is 0 Å². The number of hydrogen-bond acceptors (Lipinski definition) is 5. The summed E-state index contributed by atoms with van der Waals surface area (Å²) >= 11 is 0. The zero-order chi connectivity index (χ0) is 16.1. The molecule has 1 N–H and O–H groups in total. The summed E-state index contributed by atoms with van der Waals surface area (Å²) in [6.07, 6.45) is 8.06. The Labute approximate surface area is 134 Å². The highest BCUT2D eigenvalue weighted by atomic mass is 16.5. The van der Waals surface area contributed by atoms with Crippen LogP contribution in [0.3, 0.4) is 0 Å². The summed E-state index contributed by atoms with van der Waals surface area (Å²) < 4.78 is 10.2. The molecule has 1 aliphatic rings. The Hall–Kier alpha value is -2.37. The molecule has 122 valence electrons. The van der Waals surface area contributed by atoms with Gasteiger partial charge in [0.1, 0.15) is 5.52 Å². The highest BCUT2D eigenvalue weighted by molar-refractivity contribution is 5.94. The summed E-state index contributed by atoms with van der Waals surface area (Å²) in [5, 5.41) is 2.95. The number of carbonyl (C=O) groups is 2. The van der Waals surface area contributed by atoms with Gasteiger partial charge in [-0.1, -0.05) is 25.7 Å². The molecule has 3 rings (SSSR count). The van der Waals surface area contributed by atoms with Crippen LogP contribution in [-0.2, 0) is 9.53 Å². The summed E-state index contributed by atoms with van der Waals surface area (Å²) in [4.78, 5) is 27.9. The Morgan fingerprint density at radius 1 is 1.22 bits per heavy atom. The van der Waals surface area contributed by atoms with Gasteiger partial charge in [-0.05, 0) is 31.0 Å². The summed E-state index contributed by atoms with van der Waals surface area (Å²) in [5.41, 5.74) is 1.55. The van der Waals surface area contributed by atoms with Gasteiger partial charge in [-0.15, -0.1) is 0 Å². The van der Waals surface area contributed by atoms with Gasteiger partial charge in [-0.25, -0.2) is 9.78 Å². The lowest BCUT2D eigenvalue weighted by Crippen LogP contribution is -2.37. The number of ether oxygens (including phenoxy) is 1. The third kappa shape index (κ3) is 4.09. The predicted octanol–water partition coefficient (Wildman–Crippen LogP) is 2.82. The maximum Gasteiger partial charge on any atom is 0.338 e. The van der Waals surface area contributed by atoms with Gasteiger partial charge >= 0.3 is 5.97 Å². The first kappa shape index (κ1) is 15.5. The van der Waals surface area contributed by atoms with Crippen molar-refractivity contribution < 1.29 is 18.7 Å². The van der Waals surface area contributed by atoms with E-state index in [1.165, 1.54) is 19.2 Å². The molecule has 0 bridgehead atoms. The van der Waals surface area contributed by atoms with E-state index in [0.29, 0.717) is 16.7 Å². The maximum atomic E-state index is 12.0. The molecule has 0 unspecified atom stereocenters. The van der Waals surface area contributed by atoms with E-state index in [1.807, 2.05) is 0 Å². The van der Waals surface area contributed by atoms with Crippen molar-refractivity contribution in [3.63, 3.8) is 0 Å². The highest BCUT2D eigenvalue weighted by Gasteiger charge is 2.16. The molecule has 1 aromatic carbocycles. The minimum Gasteiger partial charge on any atom is -0.452 e. The average molecular weight is 316 g/mol. The summed E-state index contributed by atoms with van der Waals surface area (Å²) in [7, 11) is 0. The number of oxazole rings is 1. The quantitative estimate of drug-likeness (QED) is 0.693. The number of hydrogen-bond donors (Lipinski definition) is 1. The van der Waals surface area contributed by atoms with Crippen molar-refractivity contribution in [1.82, 2.24) is 10.3 Å². The van der Waals surface area contributed by atoms with Gasteiger partial charge in [0.05, 0.1) is 5.56 Å². The number of rotatable bonds is 4. The van der Waals surface area contributed by atoms with Gasteiger partial charge in [0.2, 0.25) is 0 Å². The molecule has 1 heterocycles. The third-order valence-electron chi connectivity index (χ3n) is 4.12. The van der Waals surface area contributed by atoms with E-state index >= 15 is 0 Å². The SMILES string of the molecule is O=C(COC(=O)c1ccc2ocnc2c1)NC1CCCCCC1. The number of amides is 1. The van der Waals surface area contributed by atoms with Gasteiger partial charge in [0, 0.05) is 6.04 Å². The molecule has 0 aliphatic heterocycles. The molecule has 0 saturated heterocycles. The molecule has 1 fully saturated rings. The normalized spacial score (nSPS) is 16.0. The van der Waals surface area contributed by atoms with E-state index in [-0.39, 0.29) is 18.6 Å². The van der Waals surface area contributed by atoms with Crippen molar-refractivity contribution in [1.29, 1.82) is 0 Å². The first-order chi connectivity index (χ1) is 11.2. The fourth-order valence-electron chi connectivity index (χ4n) is 2.89. The lowest BCUT2D eigenvalue weighted by atomic mass is 10.1. The predicted molar refractivity (Wildman–Crippen MR) is 83.9 cm³/mol. The van der Waals surface area contributed by atoms with E-state index < -0.39 is 5.97 Å². The van der Waals surface area contributed by atoms with Gasteiger partial charge in [0.15, 0.2) is 18.6 Å². The molecule has 0 atom stereocenters. The van der Waals surface area contributed by atoms with E-state index in [1.54, 1.807) is 18.2 Å². The Kier molecular flexibility index (Phi) is 4.90. The molecule has 1 amide bonds. The summed E-state index contributed by atoms with van der Waals surface area (Å²) in [6.45, 7) is -0.258. The number of carbonyl (C=O) groups excluding carboxylic acids is 2. The summed E-state index contributed by atoms with van der Waals surface area (Å²) in [6, 6.07) is 5.05. The fourth-order valence-corrected chi connectivity index (χ4v) is 2.89. The average Bonchev–Trinajstić information content (AvgIpc) is 2.88. The topological polar surface area (TPSA) is 81.4 Å². The zero-order valence-corrected chi connectivity index (χ0v) is 12.9. The number of benzene rings is 1. The standard InChI is InChI=1S/C17H20N2O4/c20-16(19-13-5-3-1-2-4-6-13)10-22-17(21)12-7-8-15-14(9-12)18-11-23-15/h7-9,11,13H,1-6,10H2,(H,19,20). The molecule has 1 aromatic heterocycles. The van der Waals surface area contributed by atoms with E-state index in [4.69, 9.17) is 9.15 Å². The molecular weight excluding hydrogens is 296 g/mol. The molecule has 23 heavy (non-hydrogen) atoms. The van der Waals surface area contributed by atoms with Crippen LogP contribution in [0.25, 0.3) is 11.1 Å². The van der Waals surface area contributed by atoms with Crippen LogP contribution in [0, 0.1) is 0 Å². The van der Waals surface area contributed by atoms with Crippen molar-refractivity contribution in [3.05, 3.63) is 30.2 Å². The summed E-state index contributed by atoms with van der Waals surface area (Å²) in [5.74, 6) is -0.779. The lowest BCUT2D eigenvalue weighted by molar-refractivity contribution is -0.125. The van der Waals surface area contributed by atoms with Crippen LogP contribution in [0.5, 0.6) is 0 Å². The third-order valence-corrected chi connectivity index (χ3v) is 4.12. The fraction of sp³-hybridized carbons (Fsp3) is 0.471. The van der Waals surface area contributed by atoms with Crippen molar-refractivity contribution in [2.45, 2.75) is 44.6 Å². The molecule has 6 heteroatoms. The number of esters is 1. The molecular formula is C17H20N2O4. The number of nitrogens with one attached hydrogen (secondary N) is 1. The molecule has 1 aliphatic carbocycles. The molecule has 0 spiro atoms. The van der Waals surface area contributed by atoms with Crippen LogP contribution >= 0.6 is 0 Å². The smallest absolute Gasteiger partial charge is 0.338 e. The molecule has 1 saturated carbocycles. The second-order valence-electron chi connectivity index (χ2n) is 5.87. The van der Waals surface area contributed by atoms with Crippen LogP contribution in [0.4, 0.5) is 0 Å². The first-order valence-electron chi connectivity index (χ1n) is 8.02. The van der Waals surface area contributed by atoms with Crippen molar-refractivity contribution >= 4 is 23.0 Å². The molecule has 6 nitrogen and oxygen atoms in total. The second-order valence-corrected chi connectivity index (χ2v) is 5.87. The van der Waals surface area contributed by atoms with E-state index in [2.05, 4.69) is 10.3 Å². The second kappa shape index (κ2) is 7.26. The van der Waals surface area contributed by atoms with Crippen molar-refractivity contribution in [2.75, 3.05) is 6.61 Å². The Bertz CT molecular complexity index is 687. The van der Waals surface area contributed by atoms with Crippen LogP contribution in [0.15, 0.2) is 29.0 Å². The zero-order valence-electron chi connectivity index (χ0n) is 12.9. The highest BCUT2D eigenvalue weighted by Crippen LogP contribution is 2.17. The van der Waals surface area contributed by atoms with Crippen LogP contribution in [-0.4, -0.2) is 29.5 Å².